The van der Waals surface area contributed by atoms with Gasteiger partial charge in [0, 0.05) is 5.56 Å². The molecule has 1 aromatic heterocycles. The summed E-state index contributed by atoms with van der Waals surface area (Å²) in [5, 5.41) is 19.3. The number of nitrogens with zero attached hydrogens (tertiary/aromatic N) is 1. The Kier molecular flexibility index (Phi) is 4.75. The Morgan fingerprint density at radius 2 is 1.95 bits per heavy atom. The SMILES string of the molecule is CCC(CC)(CO)NC(=O)c1cc(-c2ccccc2)n[nH]1. The molecule has 0 spiro atoms. The summed E-state index contributed by atoms with van der Waals surface area (Å²) in [5.74, 6) is -0.248. The molecular weight excluding hydrogens is 266 g/mol. The van der Waals surface area contributed by atoms with Crippen LogP contribution >= 0.6 is 0 Å². The molecule has 0 aliphatic heterocycles. The highest BCUT2D eigenvalue weighted by atomic mass is 16.3. The number of hydrogen-bond donors (Lipinski definition) is 3. The lowest BCUT2D eigenvalue weighted by atomic mass is 9.93. The molecule has 0 aliphatic carbocycles. The number of benzene rings is 1. The van der Waals surface area contributed by atoms with Crippen molar-refractivity contribution in [1.29, 1.82) is 0 Å². The van der Waals surface area contributed by atoms with Crippen molar-refractivity contribution in [2.75, 3.05) is 6.61 Å². The molecule has 0 radical (unpaired) electrons. The van der Waals surface area contributed by atoms with Crippen LogP contribution in [0.15, 0.2) is 36.4 Å². The smallest absolute Gasteiger partial charge is 0.269 e. The molecule has 0 atom stereocenters. The van der Waals surface area contributed by atoms with Crippen LogP contribution in [0.4, 0.5) is 0 Å². The maximum Gasteiger partial charge on any atom is 0.269 e. The van der Waals surface area contributed by atoms with Gasteiger partial charge in [-0.1, -0.05) is 44.2 Å². The van der Waals surface area contributed by atoms with Gasteiger partial charge in [-0.15, -0.1) is 0 Å². The van der Waals surface area contributed by atoms with E-state index in [4.69, 9.17) is 0 Å². The van der Waals surface area contributed by atoms with E-state index < -0.39 is 5.54 Å². The zero-order valence-corrected chi connectivity index (χ0v) is 12.4. The molecule has 5 heteroatoms. The minimum absolute atomic E-state index is 0.0780. The fraction of sp³-hybridized carbons (Fsp3) is 0.375. The quantitative estimate of drug-likeness (QED) is 0.763. The molecule has 0 fully saturated rings. The summed E-state index contributed by atoms with van der Waals surface area (Å²) in [6, 6.07) is 11.4. The van der Waals surface area contributed by atoms with Crippen LogP contribution < -0.4 is 5.32 Å². The zero-order valence-electron chi connectivity index (χ0n) is 12.4. The Bertz CT molecular complexity index is 580. The van der Waals surface area contributed by atoms with Crippen LogP contribution in [0, 0.1) is 0 Å². The number of amides is 1. The van der Waals surface area contributed by atoms with Gasteiger partial charge in [-0.05, 0) is 18.9 Å². The first kappa shape index (κ1) is 15.3. The monoisotopic (exact) mass is 287 g/mol. The number of carbonyl (C=O) groups is 1. The van der Waals surface area contributed by atoms with Gasteiger partial charge in [0.2, 0.25) is 0 Å². The molecule has 21 heavy (non-hydrogen) atoms. The van der Waals surface area contributed by atoms with Crippen LogP contribution in [-0.4, -0.2) is 33.4 Å². The molecular formula is C16H21N3O2. The van der Waals surface area contributed by atoms with Crippen LogP contribution in [0.1, 0.15) is 37.2 Å². The van der Waals surface area contributed by atoms with Gasteiger partial charge in [-0.25, -0.2) is 0 Å². The second kappa shape index (κ2) is 6.54. The average molecular weight is 287 g/mol. The van der Waals surface area contributed by atoms with E-state index in [0.29, 0.717) is 18.5 Å². The third-order valence-corrected chi connectivity index (χ3v) is 3.93. The fourth-order valence-corrected chi connectivity index (χ4v) is 2.19. The Morgan fingerprint density at radius 3 is 2.52 bits per heavy atom. The number of nitrogens with one attached hydrogen (secondary N) is 2. The number of aliphatic hydroxyl groups excluding tert-OH is 1. The van der Waals surface area contributed by atoms with Crippen molar-refractivity contribution in [2.45, 2.75) is 32.2 Å². The van der Waals surface area contributed by atoms with Crippen LogP contribution in [-0.2, 0) is 0 Å². The Morgan fingerprint density at radius 1 is 1.29 bits per heavy atom. The number of aliphatic hydroxyl groups is 1. The van der Waals surface area contributed by atoms with E-state index in [1.54, 1.807) is 6.07 Å². The number of H-pyrrole nitrogens is 1. The predicted molar refractivity (Wildman–Crippen MR) is 81.9 cm³/mol. The van der Waals surface area contributed by atoms with Crippen molar-refractivity contribution in [2.24, 2.45) is 0 Å². The molecule has 0 bridgehead atoms. The molecule has 1 heterocycles. The summed E-state index contributed by atoms with van der Waals surface area (Å²) >= 11 is 0. The number of aromatic nitrogens is 2. The zero-order chi connectivity index (χ0) is 15.3. The van der Waals surface area contributed by atoms with E-state index in [2.05, 4.69) is 15.5 Å². The van der Waals surface area contributed by atoms with Gasteiger partial charge >= 0.3 is 0 Å². The molecule has 5 nitrogen and oxygen atoms in total. The Balaban J connectivity index is 2.16. The fourth-order valence-electron chi connectivity index (χ4n) is 2.19. The van der Waals surface area contributed by atoms with Crippen LogP contribution in [0.3, 0.4) is 0 Å². The van der Waals surface area contributed by atoms with Crippen molar-refractivity contribution in [1.82, 2.24) is 15.5 Å². The molecule has 0 saturated heterocycles. The second-order valence-electron chi connectivity index (χ2n) is 5.13. The number of aromatic amines is 1. The highest BCUT2D eigenvalue weighted by Crippen LogP contribution is 2.18. The van der Waals surface area contributed by atoms with E-state index in [1.165, 1.54) is 0 Å². The molecule has 112 valence electrons. The average Bonchev–Trinajstić information content (AvgIpc) is 3.04. The number of rotatable bonds is 6. The maximum absolute atomic E-state index is 12.3. The van der Waals surface area contributed by atoms with Crippen LogP contribution in [0.2, 0.25) is 0 Å². The minimum atomic E-state index is -0.574. The minimum Gasteiger partial charge on any atom is -0.394 e. The highest BCUT2D eigenvalue weighted by Gasteiger charge is 2.28. The third-order valence-electron chi connectivity index (χ3n) is 3.93. The maximum atomic E-state index is 12.3. The third kappa shape index (κ3) is 3.31. The van der Waals surface area contributed by atoms with E-state index in [9.17, 15) is 9.90 Å². The Labute approximate surface area is 124 Å². The van der Waals surface area contributed by atoms with Gasteiger partial charge in [0.05, 0.1) is 17.8 Å². The summed E-state index contributed by atoms with van der Waals surface area (Å²) in [7, 11) is 0. The lowest BCUT2D eigenvalue weighted by Gasteiger charge is -2.30. The Hall–Kier alpha value is -2.14. The molecule has 0 saturated carbocycles. The highest BCUT2D eigenvalue weighted by molar-refractivity contribution is 5.93. The van der Waals surface area contributed by atoms with E-state index in [-0.39, 0.29) is 12.5 Å². The topological polar surface area (TPSA) is 78.0 Å². The van der Waals surface area contributed by atoms with Gasteiger partial charge in [0.15, 0.2) is 0 Å². The van der Waals surface area contributed by atoms with Gasteiger partial charge in [0.1, 0.15) is 5.69 Å². The first-order chi connectivity index (χ1) is 10.1. The summed E-state index contributed by atoms with van der Waals surface area (Å²) in [6.45, 7) is 3.82. The molecule has 2 rings (SSSR count). The van der Waals surface area contributed by atoms with Crippen molar-refractivity contribution in [3.8, 4) is 11.3 Å². The van der Waals surface area contributed by atoms with Crippen LogP contribution in [0.25, 0.3) is 11.3 Å². The summed E-state index contributed by atoms with van der Waals surface area (Å²) in [4.78, 5) is 12.3. The van der Waals surface area contributed by atoms with Crippen molar-refractivity contribution >= 4 is 5.91 Å². The largest absolute Gasteiger partial charge is 0.394 e. The van der Waals surface area contributed by atoms with Gasteiger partial charge < -0.3 is 10.4 Å². The van der Waals surface area contributed by atoms with Crippen molar-refractivity contribution in [3.63, 3.8) is 0 Å². The molecule has 1 amide bonds. The van der Waals surface area contributed by atoms with E-state index >= 15 is 0 Å². The molecule has 0 unspecified atom stereocenters. The lowest BCUT2D eigenvalue weighted by Crippen LogP contribution is -2.50. The first-order valence-electron chi connectivity index (χ1n) is 7.18. The normalized spacial score (nSPS) is 11.4. The molecule has 3 N–H and O–H groups in total. The van der Waals surface area contributed by atoms with Crippen molar-refractivity contribution in [3.05, 3.63) is 42.1 Å². The van der Waals surface area contributed by atoms with Crippen LogP contribution in [0.5, 0.6) is 0 Å². The van der Waals surface area contributed by atoms with Gasteiger partial charge in [0.25, 0.3) is 5.91 Å². The first-order valence-corrected chi connectivity index (χ1v) is 7.18. The second-order valence-corrected chi connectivity index (χ2v) is 5.13. The van der Waals surface area contributed by atoms with Crippen molar-refractivity contribution < 1.29 is 9.90 Å². The summed E-state index contributed by atoms with van der Waals surface area (Å²) in [6.07, 6.45) is 1.34. The van der Waals surface area contributed by atoms with E-state index in [0.717, 1.165) is 11.3 Å². The molecule has 0 aliphatic rings. The number of hydrogen-bond acceptors (Lipinski definition) is 3. The number of carbonyl (C=O) groups excluding carboxylic acids is 1. The summed E-state index contributed by atoms with van der Waals surface area (Å²) in [5.41, 5.74) is 1.50. The van der Waals surface area contributed by atoms with Gasteiger partial charge in [-0.2, -0.15) is 5.10 Å². The lowest BCUT2D eigenvalue weighted by molar-refractivity contribution is 0.0813. The summed E-state index contributed by atoms with van der Waals surface area (Å²) < 4.78 is 0. The molecule has 1 aromatic carbocycles. The van der Waals surface area contributed by atoms with E-state index in [1.807, 2.05) is 44.2 Å². The standard InChI is InChI=1S/C16H21N3O2/c1-3-16(4-2,11-20)17-15(21)14-10-13(18-19-14)12-8-6-5-7-9-12/h5-10,20H,3-4,11H2,1-2H3,(H,17,21)(H,18,19). The molecule has 2 aromatic rings. The van der Waals surface area contributed by atoms with Gasteiger partial charge in [-0.3, -0.25) is 9.89 Å². The predicted octanol–water partition coefficient (Wildman–Crippen LogP) is 2.36.